The minimum absolute atomic E-state index is 0.513. The average Bonchev–Trinajstić information content (AvgIpc) is 3.08. The molecular formula is C16H23N5. The Labute approximate surface area is 125 Å². The monoisotopic (exact) mass is 285 g/mol. The summed E-state index contributed by atoms with van der Waals surface area (Å²) in [5, 5.41) is 0. The van der Waals surface area contributed by atoms with E-state index in [0.717, 1.165) is 35.5 Å². The van der Waals surface area contributed by atoms with E-state index in [1.165, 1.54) is 19.5 Å². The molecule has 3 rings (SSSR count). The van der Waals surface area contributed by atoms with Gasteiger partial charge < -0.3 is 9.88 Å². The largest absolute Gasteiger partial charge is 0.343 e. The molecule has 0 bridgehead atoms. The summed E-state index contributed by atoms with van der Waals surface area (Å²) in [6.07, 6.45) is 4.76. The molecule has 0 aliphatic carbocycles. The molecule has 0 spiro atoms. The van der Waals surface area contributed by atoms with Crippen molar-refractivity contribution in [2.24, 2.45) is 5.92 Å². The molecule has 1 atom stereocenters. The van der Waals surface area contributed by atoms with Gasteiger partial charge in [-0.3, -0.25) is 0 Å². The number of nitrogens with one attached hydrogen (secondary N) is 1. The third-order valence-electron chi connectivity index (χ3n) is 3.91. The molecule has 1 fully saturated rings. The van der Waals surface area contributed by atoms with Crippen LogP contribution in [0.1, 0.15) is 37.7 Å². The quantitative estimate of drug-likeness (QED) is 0.938. The normalized spacial score (nSPS) is 19.5. The van der Waals surface area contributed by atoms with E-state index in [1.54, 1.807) is 6.20 Å². The molecule has 0 radical (unpaired) electrons. The van der Waals surface area contributed by atoms with E-state index in [9.17, 15) is 0 Å². The number of H-pyrrole nitrogens is 1. The topological polar surface area (TPSA) is 57.7 Å². The van der Waals surface area contributed by atoms with E-state index in [2.05, 4.69) is 44.7 Å². The zero-order chi connectivity index (χ0) is 14.8. The molecule has 1 N–H and O–H groups in total. The van der Waals surface area contributed by atoms with Gasteiger partial charge in [0.05, 0.1) is 0 Å². The molecule has 5 nitrogen and oxygen atoms in total. The molecule has 5 heteroatoms. The molecule has 0 aromatic carbocycles. The summed E-state index contributed by atoms with van der Waals surface area (Å²) < 4.78 is 0. The fraction of sp³-hybridized carbons (Fsp3) is 0.562. The second-order valence-electron chi connectivity index (χ2n) is 6.30. The molecule has 2 aromatic heterocycles. The summed E-state index contributed by atoms with van der Waals surface area (Å²) in [5.41, 5.74) is 2.05. The van der Waals surface area contributed by atoms with Crippen molar-refractivity contribution in [2.45, 2.75) is 33.1 Å². The number of imidazole rings is 1. The highest BCUT2D eigenvalue weighted by Gasteiger charge is 2.26. The van der Waals surface area contributed by atoms with Gasteiger partial charge in [-0.05, 0) is 31.9 Å². The minimum Gasteiger partial charge on any atom is -0.343 e. The van der Waals surface area contributed by atoms with E-state index in [-0.39, 0.29) is 0 Å². The number of hydrogen-bond acceptors (Lipinski definition) is 4. The summed E-state index contributed by atoms with van der Waals surface area (Å²) in [6.45, 7) is 9.95. The van der Waals surface area contributed by atoms with Crippen molar-refractivity contribution in [1.29, 1.82) is 0 Å². The van der Waals surface area contributed by atoms with Crippen molar-refractivity contribution in [3.05, 3.63) is 30.0 Å². The lowest BCUT2D eigenvalue weighted by Gasteiger charge is -2.18. The molecule has 1 aliphatic rings. The highest BCUT2D eigenvalue weighted by molar-refractivity contribution is 5.49. The third-order valence-corrected chi connectivity index (χ3v) is 3.91. The van der Waals surface area contributed by atoms with Crippen LogP contribution in [0.3, 0.4) is 0 Å². The van der Waals surface area contributed by atoms with Gasteiger partial charge in [-0.2, -0.15) is 0 Å². The van der Waals surface area contributed by atoms with Crippen LogP contribution in [0.5, 0.6) is 0 Å². The first-order chi connectivity index (χ1) is 10.1. The average molecular weight is 285 g/mol. The van der Waals surface area contributed by atoms with Crippen molar-refractivity contribution in [3.63, 3.8) is 0 Å². The van der Waals surface area contributed by atoms with Crippen molar-refractivity contribution in [1.82, 2.24) is 24.8 Å². The molecule has 0 unspecified atom stereocenters. The summed E-state index contributed by atoms with van der Waals surface area (Å²) in [5.74, 6) is 2.87. The molecule has 0 amide bonds. The zero-order valence-electron chi connectivity index (χ0n) is 13.0. The summed E-state index contributed by atoms with van der Waals surface area (Å²) in [7, 11) is 0. The Kier molecular flexibility index (Phi) is 4.01. The van der Waals surface area contributed by atoms with Gasteiger partial charge in [0.1, 0.15) is 11.5 Å². The van der Waals surface area contributed by atoms with Gasteiger partial charge in [0.2, 0.25) is 0 Å². The highest BCUT2D eigenvalue weighted by Crippen LogP contribution is 2.28. The predicted octanol–water partition coefficient (Wildman–Crippen LogP) is 2.62. The summed E-state index contributed by atoms with van der Waals surface area (Å²) in [6, 6.07) is 2.09. The van der Waals surface area contributed by atoms with Crippen molar-refractivity contribution >= 4 is 0 Å². The number of hydrogen-bond donors (Lipinski definition) is 1. The number of nitrogens with zero attached hydrogens (tertiary/aromatic N) is 4. The molecule has 3 heterocycles. The van der Waals surface area contributed by atoms with Gasteiger partial charge in [-0.1, -0.05) is 13.8 Å². The number of rotatable bonds is 4. The molecule has 1 saturated heterocycles. The maximum absolute atomic E-state index is 4.66. The van der Waals surface area contributed by atoms with E-state index in [4.69, 9.17) is 0 Å². The maximum Gasteiger partial charge on any atom is 0.156 e. The highest BCUT2D eigenvalue weighted by atomic mass is 15.1. The van der Waals surface area contributed by atoms with Crippen LogP contribution >= 0.6 is 0 Å². The first kappa shape index (κ1) is 14.2. The Morgan fingerprint density at radius 2 is 2.24 bits per heavy atom. The molecular weight excluding hydrogens is 262 g/mol. The minimum atomic E-state index is 0.513. The Hall–Kier alpha value is -1.75. The lowest BCUT2D eigenvalue weighted by atomic mass is 10.0. The van der Waals surface area contributed by atoms with Crippen LogP contribution in [0.25, 0.3) is 11.5 Å². The Bertz CT molecular complexity index is 591. The first-order valence-electron chi connectivity index (χ1n) is 7.69. The second-order valence-corrected chi connectivity index (χ2v) is 6.30. The van der Waals surface area contributed by atoms with E-state index in [0.29, 0.717) is 5.92 Å². The second kappa shape index (κ2) is 5.93. The maximum atomic E-state index is 4.66. The van der Waals surface area contributed by atoms with Gasteiger partial charge in [-0.25, -0.2) is 15.0 Å². The van der Waals surface area contributed by atoms with Gasteiger partial charge in [0.25, 0.3) is 0 Å². The SMILES string of the molecule is Cc1nc(-c2ncc[nH]2)cc([C@H]2CCN(CC(C)C)C2)n1. The lowest BCUT2D eigenvalue weighted by molar-refractivity contribution is 0.294. The molecule has 21 heavy (non-hydrogen) atoms. The van der Waals surface area contributed by atoms with Crippen LogP contribution in [-0.4, -0.2) is 44.5 Å². The molecule has 112 valence electrons. The van der Waals surface area contributed by atoms with Crippen molar-refractivity contribution in [3.8, 4) is 11.5 Å². The Balaban J connectivity index is 1.80. The lowest BCUT2D eigenvalue weighted by Crippen LogP contribution is -2.25. The number of likely N-dealkylation sites (tertiary alicyclic amines) is 1. The van der Waals surface area contributed by atoms with Crippen LogP contribution in [0, 0.1) is 12.8 Å². The Morgan fingerprint density at radius 3 is 2.95 bits per heavy atom. The van der Waals surface area contributed by atoms with E-state index in [1.807, 2.05) is 13.1 Å². The predicted molar refractivity (Wildman–Crippen MR) is 83.0 cm³/mol. The van der Waals surface area contributed by atoms with Gasteiger partial charge in [0, 0.05) is 37.1 Å². The number of aromatic nitrogens is 4. The van der Waals surface area contributed by atoms with E-state index < -0.39 is 0 Å². The molecule has 0 saturated carbocycles. The summed E-state index contributed by atoms with van der Waals surface area (Å²) >= 11 is 0. The summed E-state index contributed by atoms with van der Waals surface area (Å²) in [4.78, 5) is 19.1. The van der Waals surface area contributed by atoms with Crippen LogP contribution in [0.4, 0.5) is 0 Å². The fourth-order valence-corrected chi connectivity index (χ4v) is 3.08. The van der Waals surface area contributed by atoms with Crippen molar-refractivity contribution < 1.29 is 0 Å². The fourth-order valence-electron chi connectivity index (χ4n) is 3.08. The smallest absolute Gasteiger partial charge is 0.156 e. The van der Waals surface area contributed by atoms with Gasteiger partial charge in [0.15, 0.2) is 5.82 Å². The zero-order valence-corrected chi connectivity index (χ0v) is 13.0. The van der Waals surface area contributed by atoms with Crippen LogP contribution in [0.2, 0.25) is 0 Å². The van der Waals surface area contributed by atoms with Crippen LogP contribution in [0.15, 0.2) is 18.5 Å². The van der Waals surface area contributed by atoms with Crippen LogP contribution in [-0.2, 0) is 0 Å². The first-order valence-corrected chi connectivity index (χ1v) is 7.69. The number of aryl methyl sites for hydroxylation is 1. The molecule has 2 aromatic rings. The Morgan fingerprint density at radius 1 is 1.38 bits per heavy atom. The van der Waals surface area contributed by atoms with Crippen molar-refractivity contribution in [2.75, 3.05) is 19.6 Å². The van der Waals surface area contributed by atoms with Crippen LogP contribution < -0.4 is 0 Å². The van der Waals surface area contributed by atoms with Gasteiger partial charge >= 0.3 is 0 Å². The third kappa shape index (κ3) is 3.29. The standard InChI is InChI=1S/C16H23N5/c1-11(2)9-21-7-4-13(10-21)14-8-15(20-12(3)19-14)16-17-5-6-18-16/h5-6,8,11,13H,4,7,9-10H2,1-3H3,(H,17,18)/t13-/m0/s1. The van der Waals surface area contributed by atoms with E-state index >= 15 is 0 Å². The number of aromatic amines is 1. The van der Waals surface area contributed by atoms with Gasteiger partial charge in [-0.15, -0.1) is 0 Å². The molecule has 1 aliphatic heterocycles.